The van der Waals surface area contributed by atoms with Gasteiger partial charge in [-0.1, -0.05) is 12.1 Å². The third kappa shape index (κ3) is 2.72. The normalized spacial score (nSPS) is 21.1. The highest BCUT2D eigenvalue weighted by atomic mass is 16.5. The van der Waals surface area contributed by atoms with Gasteiger partial charge < -0.3 is 19.2 Å². The molecule has 2 unspecified atom stereocenters. The first kappa shape index (κ1) is 14.7. The van der Waals surface area contributed by atoms with Crippen molar-refractivity contribution in [2.24, 2.45) is 0 Å². The fourth-order valence-electron chi connectivity index (χ4n) is 2.89. The van der Waals surface area contributed by atoms with Crippen molar-refractivity contribution in [2.45, 2.75) is 25.5 Å². The van der Waals surface area contributed by atoms with Crippen molar-refractivity contribution in [3.63, 3.8) is 0 Å². The summed E-state index contributed by atoms with van der Waals surface area (Å²) in [6.07, 6.45) is -0.0188. The van der Waals surface area contributed by atoms with Gasteiger partial charge in [0, 0.05) is 6.54 Å². The Kier molecular flexibility index (Phi) is 3.90. The number of benzene rings is 1. The van der Waals surface area contributed by atoms with Crippen LogP contribution in [-0.4, -0.2) is 35.7 Å². The van der Waals surface area contributed by atoms with Gasteiger partial charge in [-0.2, -0.15) is 0 Å². The van der Waals surface area contributed by atoms with Crippen molar-refractivity contribution in [2.75, 3.05) is 13.7 Å². The number of hydrogen-bond donors (Lipinski definition) is 1. The molecule has 5 heteroatoms. The molecule has 5 nitrogen and oxygen atoms in total. The van der Waals surface area contributed by atoms with E-state index in [4.69, 9.17) is 9.15 Å². The first-order valence-corrected chi connectivity index (χ1v) is 7.28. The standard InChI is InChI=1S/C17H19NO4/c1-11-6-7-16(22-11)17(20)18-10-13(19)9-15(18)12-4-3-5-14(8-12)21-2/h3-8,13,15,19H,9-10H2,1-2H3. The number of furan rings is 1. The van der Waals surface area contributed by atoms with Crippen LogP contribution in [0.25, 0.3) is 0 Å². The minimum absolute atomic E-state index is 0.178. The number of carbonyl (C=O) groups excluding carboxylic acids is 1. The lowest BCUT2D eigenvalue weighted by molar-refractivity contribution is 0.0682. The lowest BCUT2D eigenvalue weighted by Gasteiger charge is -2.24. The fourth-order valence-corrected chi connectivity index (χ4v) is 2.89. The quantitative estimate of drug-likeness (QED) is 0.946. The summed E-state index contributed by atoms with van der Waals surface area (Å²) in [4.78, 5) is 14.3. The number of aryl methyl sites for hydroxylation is 1. The minimum Gasteiger partial charge on any atom is -0.497 e. The molecule has 0 aliphatic carbocycles. The number of carbonyl (C=O) groups is 1. The maximum absolute atomic E-state index is 12.6. The maximum atomic E-state index is 12.6. The second-order valence-electron chi connectivity index (χ2n) is 5.55. The molecule has 3 rings (SSSR count). The van der Waals surface area contributed by atoms with Crippen LogP contribution in [-0.2, 0) is 0 Å². The summed E-state index contributed by atoms with van der Waals surface area (Å²) < 4.78 is 10.7. The van der Waals surface area contributed by atoms with E-state index in [2.05, 4.69) is 0 Å². The van der Waals surface area contributed by atoms with Gasteiger partial charge >= 0.3 is 0 Å². The molecule has 1 aliphatic heterocycles. The Morgan fingerprint density at radius 1 is 1.36 bits per heavy atom. The van der Waals surface area contributed by atoms with Gasteiger partial charge in [0.2, 0.25) is 0 Å². The van der Waals surface area contributed by atoms with E-state index in [0.717, 1.165) is 11.3 Å². The van der Waals surface area contributed by atoms with E-state index < -0.39 is 6.10 Å². The van der Waals surface area contributed by atoms with Crippen LogP contribution in [0.5, 0.6) is 5.75 Å². The van der Waals surface area contributed by atoms with Crippen LogP contribution in [0.4, 0.5) is 0 Å². The summed E-state index contributed by atoms with van der Waals surface area (Å²) in [5.41, 5.74) is 0.951. The second-order valence-corrected chi connectivity index (χ2v) is 5.55. The summed E-state index contributed by atoms with van der Waals surface area (Å²) >= 11 is 0. The van der Waals surface area contributed by atoms with Crippen molar-refractivity contribution >= 4 is 5.91 Å². The minimum atomic E-state index is -0.531. The molecule has 0 radical (unpaired) electrons. The van der Waals surface area contributed by atoms with Crippen LogP contribution in [0.15, 0.2) is 40.8 Å². The molecule has 2 heterocycles. The fraction of sp³-hybridized carbons (Fsp3) is 0.353. The van der Waals surface area contributed by atoms with Crippen molar-refractivity contribution < 1.29 is 19.1 Å². The van der Waals surface area contributed by atoms with Gasteiger partial charge in [-0.3, -0.25) is 4.79 Å². The zero-order chi connectivity index (χ0) is 15.7. The van der Waals surface area contributed by atoms with Crippen molar-refractivity contribution in [3.8, 4) is 5.75 Å². The molecule has 1 aromatic carbocycles. The molecule has 2 aromatic rings. The van der Waals surface area contributed by atoms with E-state index in [1.54, 1.807) is 31.1 Å². The Labute approximate surface area is 129 Å². The topological polar surface area (TPSA) is 62.9 Å². The molecule has 2 atom stereocenters. The number of aliphatic hydroxyl groups excluding tert-OH is 1. The van der Waals surface area contributed by atoms with Crippen LogP contribution in [0.1, 0.15) is 34.3 Å². The molecule has 1 fully saturated rings. The second kappa shape index (κ2) is 5.85. The Hall–Kier alpha value is -2.27. The highest BCUT2D eigenvalue weighted by Crippen LogP contribution is 2.34. The first-order chi connectivity index (χ1) is 10.6. The Bertz CT molecular complexity index is 679. The monoisotopic (exact) mass is 301 g/mol. The maximum Gasteiger partial charge on any atom is 0.290 e. The molecule has 1 saturated heterocycles. The Balaban J connectivity index is 1.90. The van der Waals surface area contributed by atoms with Gasteiger partial charge in [-0.25, -0.2) is 0 Å². The summed E-state index contributed by atoms with van der Waals surface area (Å²) in [5, 5.41) is 10.0. The van der Waals surface area contributed by atoms with Gasteiger partial charge in [0.25, 0.3) is 5.91 Å². The molecule has 1 N–H and O–H groups in total. The zero-order valence-corrected chi connectivity index (χ0v) is 12.7. The third-order valence-corrected chi connectivity index (χ3v) is 3.97. The van der Waals surface area contributed by atoms with Crippen LogP contribution in [0.2, 0.25) is 0 Å². The molecule has 1 amide bonds. The van der Waals surface area contributed by atoms with E-state index in [1.807, 2.05) is 24.3 Å². The highest BCUT2D eigenvalue weighted by Gasteiger charge is 2.36. The van der Waals surface area contributed by atoms with E-state index in [0.29, 0.717) is 24.5 Å². The molecule has 0 saturated carbocycles. The summed E-state index contributed by atoms with van der Waals surface area (Å²) in [5.74, 6) is 1.54. The van der Waals surface area contributed by atoms with Crippen molar-refractivity contribution in [1.82, 2.24) is 4.90 Å². The first-order valence-electron chi connectivity index (χ1n) is 7.28. The smallest absolute Gasteiger partial charge is 0.290 e. The molecule has 0 spiro atoms. The number of nitrogens with zero attached hydrogens (tertiary/aromatic N) is 1. The number of rotatable bonds is 3. The molecule has 22 heavy (non-hydrogen) atoms. The van der Waals surface area contributed by atoms with Crippen LogP contribution in [0.3, 0.4) is 0 Å². The number of aliphatic hydroxyl groups is 1. The predicted octanol–water partition coefficient (Wildman–Crippen LogP) is 2.54. The van der Waals surface area contributed by atoms with Gasteiger partial charge in [-0.15, -0.1) is 0 Å². The number of β-amino-alcohol motifs (C(OH)–C–C–N with tert-alkyl or cyclic N) is 1. The Morgan fingerprint density at radius 3 is 2.86 bits per heavy atom. The average Bonchev–Trinajstić information content (AvgIpc) is 3.12. The molecule has 0 bridgehead atoms. The van der Waals surface area contributed by atoms with Crippen LogP contribution >= 0.6 is 0 Å². The lowest BCUT2D eigenvalue weighted by Crippen LogP contribution is -2.31. The summed E-state index contributed by atoms with van der Waals surface area (Å²) in [7, 11) is 1.61. The average molecular weight is 301 g/mol. The van der Waals surface area contributed by atoms with Crippen LogP contribution in [0, 0.1) is 6.92 Å². The predicted molar refractivity (Wildman–Crippen MR) is 80.8 cm³/mol. The number of methoxy groups -OCH3 is 1. The highest BCUT2D eigenvalue weighted by molar-refractivity contribution is 5.92. The molecule has 116 valence electrons. The number of amides is 1. The molecule has 1 aromatic heterocycles. The molecular weight excluding hydrogens is 282 g/mol. The van der Waals surface area contributed by atoms with E-state index in [1.165, 1.54) is 0 Å². The van der Waals surface area contributed by atoms with Gasteiger partial charge in [-0.05, 0) is 43.2 Å². The van der Waals surface area contributed by atoms with Gasteiger partial charge in [0.1, 0.15) is 11.5 Å². The SMILES string of the molecule is COc1cccc(C2CC(O)CN2C(=O)c2ccc(C)o2)c1. The van der Waals surface area contributed by atoms with Crippen molar-refractivity contribution in [3.05, 3.63) is 53.5 Å². The van der Waals surface area contributed by atoms with Gasteiger partial charge in [0.05, 0.1) is 19.3 Å². The van der Waals surface area contributed by atoms with E-state index >= 15 is 0 Å². The number of likely N-dealkylation sites (tertiary alicyclic amines) is 1. The summed E-state index contributed by atoms with van der Waals surface area (Å²) in [6, 6.07) is 10.8. The van der Waals surface area contributed by atoms with E-state index in [9.17, 15) is 9.90 Å². The van der Waals surface area contributed by atoms with E-state index in [-0.39, 0.29) is 11.9 Å². The van der Waals surface area contributed by atoms with Crippen LogP contribution < -0.4 is 4.74 Å². The number of hydrogen-bond acceptors (Lipinski definition) is 4. The molecular formula is C17H19NO4. The molecule has 1 aliphatic rings. The van der Waals surface area contributed by atoms with Crippen molar-refractivity contribution in [1.29, 1.82) is 0 Å². The Morgan fingerprint density at radius 2 is 2.18 bits per heavy atom. The van der Waals surface area contributed by atoms with Gasteiger partial charge in [0.15, 0.2) is 5.76 Å². The summed E-state index contributed by atoms with van der Waals surface area (Å²) in [6.45, 7) is 2.11. The number of ether oxygens (including phenoxy) is 1. The lowest BCUT2D eigenvalue weighted by atomic mass is 10.0. The zero-order valence-electron chi connectivity index (χ0n) is 12.7. The third-order valence-electron chi connectivity index (χ3n) is 3.97. The largest absolute Gasteiger partial charge is 0.497 e.